The highest BCUT2D eigenvalue weighted by Gasteiger charge is 2.19. The van der Waals surface area contributed by atoms with Crippen molar-refractivity contribution >= 4 is 49.1 Å². The molecule has 0 unspecified atom stereocenters. The summed E-state index contributed by atoms with van der Waals surface area (Å²) in [6.45, 7) is 3.59. The molecule has 0 saturated carbocycles. The molecule has 4 aromatic rings. The van der Waals surface area contributed by atoms with E-state index >= 15 is 0 Å². The number of nitrogens with zero attached hydrogens (tertiary/aromatic N) is 2. The van der Waals surface area contributed by atoms with E-state index in [-0.39, 0.29) is 28.4 Å². The predicted molar refractivity (Wildman–Crippen MR) is 148 cm³/mol. The van der Waals surface area contributed by atoms with Crippen molar-refractivity contribution in [2.24, 2.45) is 4.99 Å². The Morgan fingerprint density at radius 1 is 0.949 bits per heavy atom. The van der Waals surface area contributed by atoms with Gasteiger partial charge >= 0.3 is 5.97 Å². The quantitative estimate of drug-likeness (QED) is 0.301. The minimum atomic E-state index is -3.79. The number of anilines is 1. The topological polar surface area (TPSA) is 125 Å². The normalized spacial score (nSPS) is 11.8. The molecule has 10 nitrogen and oxygen atoms in total. The molecule has 0 aliphatic carbocycles. The van der Waals surface area contributed by atoms with Crippen LogP contribution in [0.3, 0.4) is 0 Å². The van der Waals surface area contributed by atoms with Crippen molar-refractivity contribution in [1.29, 1.82) is 0 Å². The lowest BCUT2D eigenvalue weighted by molar-refractivity contribution is -0.143. The van der Waals surface area contributed by atoms with Crippen molar-refractivity contribution < 1.29 is 32.2 Å². The van der Waals surface area contributed by atoms with E-state index in [2.05, 4.69) is 9.71 Å². The number of thiazole rings is 1. The second kappa shape index (κ2) is 11.7. The molecule has 12 heteroatoms. The number of methoxy groups -OCH3 is 2. The van der Waals surface area contributed by atoms with E-state index in [4.69, 9.17) is 14.2 Å². The molecular weight excluding hydrogens is 542 g/mol. The molecule has 0 aliphatic rings. The third-order valence-corrected chi connectivity index (χ3v) is 8.19. The van der Waals surface area contributed by atoms with E-state index in [1.54, 1.807) is 35.8 Å². The number of benzene rings is 3. The maximum atomic E-state index is 13.1. The van der Waals surface area contributed by atoms with Crippen molar-refractivity contribution in [3.8, 4) is 11.5 Å². The Morgan fingerprint density at radius 3 is 2.21 bits per heavy atom. The average molecular weight is 570 g/mol. The van der Waals surface area contributed by atoms with Crippen LogP contribution in [0.25, 0.3) is 10.2 Å². The van der Waals surface area contributed by atoms with Gasteiger partial charge in [-0.05, 0) is 62.4 Å². The summed E-state index contributed by atoms with van der Waals surface area (Å²) in [5.74, 6) is -0.0655. The number of aromatic nitrogens is 1. The van der Waals surface area contributed by atoms with Crippen LogP contribution in [0.5, 0.6) is 11.5 Å². The number of nitrogens with one attached hydrogen (secondary N) is 1. The van der Waals surface area contributed by atoms with Gasteiger partial charge in [0.2, 0.25) is 0 Å². The largest absolute Gasteiger partial charge is 0.495 e. The SMILES string of the molecule is CCOC(=O)Cn1c(=NC(=O)c2ccc(NS(=O)(=O)c3ccc(C)cc3)cc2)sc2c(OC)ccc(OC)c21. The van der Waals surface area contributed by atoms with Crippen molar-refractivity contribution in [2.75, 3.05) is 25.5 Å². The smallest absolute Gasteiger partial charge is 0.326 e. The van der Waals surface area contributed by atoms with E-state index in [1.807, 2.05) is 6.92 Å². The second-order valence-corrected chi connectivity index (χ2v) is 11.0. The van der Waals surface area contributed by atoms with Crippen LogP contribution in [0.1, 0.15) is 22.8 Å². The number of carbonyl (C=O) groups is 2. The molecule has 0 saturated heterocycles. The zero-order valence-electron chi connectivity index (χ0n) is 21.8. The van der Waals surface area contributed by atoms with Crippen LogP contribution in [0.15, 0.2) is 70.6 Å². The molecule has 1 aromatic heterocycles. The molecule has 1 N–H and O–H groups in total. The molecule has 1 amide bonds. The molecule has 1 heterocycles. The molecule has 0 fully saturated rings. The Morgan fingerprint density at radius 2 is 1.59 bits per heavy atom. The zero-order chi connectivity index (χ0) is 28.2. The van der Waals surface area contributed by atoms with Gasteiger partial charge in [-0.25, -0.2) is 8.42 Å². The highest BCUT2D eigenvalue weighted by molar-refractivity contribution is 7.92. The lowest BCUT2D eigenvalue weighted by atomic mass is 10.2. The van der Waals surface area contributed by atoms with Gasteiger partial charge in [0, 0.05) is 11.3 Å². The summed E-state index contributed by atoms with van der Waals surface area (Å²) in [4.78, 5) is 30.2. The molecular formula is C27H27N3O7S2. The van der Waals surface area contributed by atoms with Crippen molar-refractivity contribution in [2.45, 2.75) is 25.3 Å². The number of rotatable bonds is 9. The second-order valence-electron chi connectivity index (χ2n) is 8.34. The number of hydrogen-bond acceptors (Lipinski definition) is 8. The van der Waals surface area contributed by atoms with E-state index in [9.17, 15) is 18.0 Å². The van der Waals surface area contributed by atoms with Gasteiger partial charge in [-0.2, -0.15) is 4.99 Å². The fourth-order valence-electron chi connectivity index (χ4n) is 3.79. The summed E-state index contributed by atoms with van der Waals surface area (Å²) >= 11 is 1.17. The summed E-state index contributed by atoms with van der Waals surface area (Å²) in [5.41, 5.74) is 2.01. The van der Waals surface area contributed by atoms with Crippen LogP contribution < -0.4 is 19.0 Å². The van der Waals surface area contributed by atoms with Crippen molar-refractivity contribution in [3.05, 3.63) is 76.6 Å². The third-order valence-electron chi connectivity index (χ3n) is 5.70. The van der Waals surface area contributed by atoms with Gasteiger partial charge in [0.1, 0.15) is 28.3 Å². The minimum Gasteiger partial charge on any atom is -0.495 e. The van der Waals surface area contributed by atoms with Crippen LogP contribution in [-0.4, -0.2) is 45.7 Å². The number of fused-ring (bicyclic) bond motifs is 1. The Labute approximate surface area is 229 Å². The first-order chi connectivity index (χ1) is 18.7. The molecule has 0 atom stereocenters. The lowest BCUT2D eigenvalue weighted by Crippen LogP contribution is -2.23. The summed E-state index contributed by atoms with van der Waals surface area (Å²) in [6, 6.07) is 15.8. The van der Waals surface area contributed by atoms with Crippen molar-refractivity contribution in [3.63, 3.8) is 0 Å². The zero-order valence-corrected chi connectivity index (χ0v) is 23.4. The average Bonchev–Trinajstić information content (AvgIpc) is 3.26. The van der Waals surface area contributed by atoms with Gasteiger partial charge in [-0.1, -0.05) is 29.0 Å². The lowest BCUT2D eigenvalue weighted by Gasteiger charge is -2.10. The predicted octanol–water partition coefficient (Wildman–Crippen LogP) is 4.13. The summed E-state index contributed by atoms with van der Waals surface area (Å²) in [7, 11) is -0.764. The number of ether oxygens (including phenoxy) is 3. The van der Waals surface area contributed by atoms with Crippen molar-refractivity contribution in [1.82, 2.24) is 4.57 Å². The van der Waals surface area contributed by atoms with Gasteiger partial charge in [-0.15, -0.1) is 0 Å². The first-order valence-electron chi connectivity index (χ1n) is 11.9. The molecule has 204 valence electrons. The van der Waals surface area contributed by atoms with Crippen LogP contribution in [-0.2, 0) is 26.1 Å². The molecule has 4 rings (SSSR count). The number of esters is 1. The highest BCUT2D eigenvalue weighted by atomic mass is 32.2. The summed E-state index contributed by atoms with van der Waals surface area (Å²) in [5, 5.41) is 0. The fraction of sp³-hybridized carbons (Fsp3) is 0.222. The number of aryl methyl sites for hydroxylation is 1. The number of amides is 1. The summed E-state index contributed by atoms with van der Waals surface area (Å²) in [6.07, 6.45) is 0. The molecule has 3 aromatic carbocycles. The van der Waals surface area contributed by atoms with Gasteiger partial charge in [0.25, 0.3) is 15.9 Å². The van der Waals surface area contributed by atoms with Gasteiger partial charge < -0.3 is 18.8 Å². The van der Waals surface area contributed by atoms with Crippen LogP contribution in [0.4, 0.5) is 5.69 Å². The number of sulfonamides is 1. The van der Waals surface area contributed by atoms with Crippen LogP contribution >= 0.6 is 11.3 Å². The van der Waals surface area contributed by atoms with Gasteiger partial charge in [0.05, 0.1) is 25.7 Å². The Balaban J connectivity index is 1.69. The first kappa shape index (κ1) is 27.9. The van der Waals surface area contributed by atoms with Gasteiger partial charge in [-0.3, -0.25) is 14.3 Å². The summed E-state index contributed by atoms with van der Waals surface area (Å²) < 4.78 is 46.2. The Kier molecular flexibility index (Phi) is 8.36. The standard InChI is InChI=1S/C27H27N3O7S2/c1-5-37-23(31)16-30-24-21(35-3)14-15-22(36-4)25(24)38-27(30)28-26(32)18-8-10-19(11-9-18)29-39(33,34)20-12-6-17(2)7-13-20/h6-15,29H,5,16H2,1-4H3. The molecule has 0 aliphatic heterocycles. The van der Waals surface area contributed by atoms with Crippen LogP contribution in [0, 0.1) is 6.92 Å². The first-order valence-corrected chi connectivity index (χ1v) is 14.2. The number of hydrogen-bond donors (Lipinski definition) is 1. The van der Waals surface area contributed by atoms with E-state index in [0.29, 0.717) is 27.4 Å². The third kappa shape index (κ3) is 6.13. The van der Waals surface area contributed by atoms with E-state index in [1.165, 1.54) is 62.0 Å². The minimum absolute atomic E-state index is 0.130. The maximum absolute atomic E-state index is 13.1. The monoisotopic (exact) mass is 569 g/mol. The molecule has 0 spiro atoms. The highest BCUT2D eigenvalue weighted by Crippen LogP contribution is 2.35. The maximum Gasteiger partial charge on any atom is 0.326 e. The van der Waals surface area contributed by atoms with Gasteiger partial charge in [0.15, 0.2) is 4.80 Å². The Bertz CT molecular complexity index is 1690. The molecule has 0 radical (unpaired) electrons. The molecule has 39 heavy (non-hydrogen) atoms. The fourth-order valence-corrected chi connectivity index (χ4v) is 5.98. The van der Waals surface area contributed by atoms with E-state index < -0.39 is 21.9 Å². The van der Waals surface area contributed by atoms with E-state index in [0.717, 1.165) is 5.56 Å². The van der Waals surface area contributed by atoms with Crippen LogP contribution in [0.2, 0.25) is 0 Å². The molecule has 0 bridgehead atoms. The number of carbonyl (C=O) groups excluding carboxylic acids is 2. The Hall–Kier alpha value is -4.16.